The molecule has 0 saturated heterocycles. The molecule has 0 aliphatic carbocycles. The van der Waals surface area contributed by atoms with Crippen LogP contribution in [0.5, 0.6) is 5.75 Å². The first-order valence-corrected chi connectivity index (χ1v) is 17.0. The molecule has 262 valence electrons. The Balaban J connectivity index is 1.78. The number of carbonyl (C=O) groups is 2. The van der Waals surface area contributed by atoms with E-state index < -0.39 is 62.4 Å². The van der Waals surface area contributed by atoms with Crippen LogP contribution >= 0.6 is 0 Å². The van der Waals surface area contributed by atoms with Crippen molar-refractivity contribution in [2.24, 2.45) is 0 Å². The zero-order valence-electron chi connectivity index (χ0n) is 27.1. The van der Waals surface area contributed by atoms with Crippen molar-refractivity contribution in [2.75, 3.05) is 31.7 Å². The molecule has 4 aromatic carbocycles. The highest BCUT2D eigenvalue weighted by atomic mass is 32.2. The lowest BCUT2D eigenvalue weighted by Gasteiger charge is -2.27. The van der Waals surface area contributed by atoms with E-state index in [4.69, 9.17) is 9.47 Å². The van der Waals surface area contributed by atoms with Crippen LogP contribution in [-0.4, -0.2) is 51.4 Å². The van der Waals surface area contributed by atoms with Gasteiger partial charge in [-0.1, -0.05) is 69.2 Å². The molecule has 0 saturated carbocycles. The molecule has 49 heavy (non-hydrogen) atoms. The minimum Gasteiger partial charge on any atom is -0.493 e. The SMILES string of the molecule is CCCCOC(=O)c1ccc(N(Cc2cccc3ccccc23)C(=O)CN(C)S(=O)(=O)c2c(F)c(F)c(F)c(F)c2F)cc1OCCCC. The maximum atomic E-state index is 14.6. The van der Waals surface area contributed by atoms with Crippen molar-refractivity contribution < 1.29 is 49.4 Å². The number of carbonyl (C=O) groups excluding carboxylic acids is 2. The van der Waals surface area contributed by atoms with Crippen molar-refractivity contribution in [1.29, 1.82) is 0 Å². The molecule has 0 atom stereocenters. The number of nitrogens with zero attached hydrogens (tertiary/aromatic N) is 2. The number of esters is 1. The third-order valence-corrected chi connectivity index (χ3v) is 9.51. The Bertz CT molecular complexity index is 1920. The largest absolute Gasteiger partial charge is 0.493 e. The lowest BCUT2D eigenvalue weighted by Crippen LogP contribution is -2.41. The lowest BCUT2D eigenvalue weighted by molar-refractivity contribution is -0.118. The minimum atomic E-state index is -5.43. The van der Waals surface area contributed by atoms with Crippen LogP contribution < -0.4 is 9.64 Å². The van der Waals surface area contributed by atoms with Crippen molar-refractivity contribution >= 4 is 38.4 Å². The van der Waals surface area contributed by atoms with Gasteiger partial charge >= 0.3 is 5.97 Å². The minimum absolute atomic E-state index is 0.0968. The Morgan fingerprint density at radius 3 is 2.06 bits per heavy atom. The van der Waals surface area contributed by atoms with Gasteiger partial charge in [0.05, 0.1) is 26.3 Å². The van der Waals surface area contributed by atoms with Gasteiger partial charge in [0.15, 0.2) is 28.2 Å². The molecule has 0 N–H and O–H groups in total. The normalized spacial score (nSPS) is 11.6. The van der Waals surface area contributed by atoms with Crippen LogP contribution in [0.4, 0.5) is 27.6 Å². The van der Waals surface area contributed by atoms with Crippen LogP contribution in [0.1, 0.15) is 55.5 Å². The number of anilines is 1. The van der Waals surface area contributed by atoms with Crippen LogP contribution in [0.25, 0.3) is 10.8 Å². The standard InChI is InChI=1S/C35H35F5N2O6S/c1-4-6-17-47-27-19-24(15-16-26(27)35(44)48-18-7-5-2)42(20-23-13-10-12-22-11-8-9-14-25(22)23)28(43)21-41(3)49(45,46)34-32(39)30(37)29(36)31(38)33(34)40/h8-16,19H,4-7,17-18,20-21H2,1-3H3. The molecule has 0 bridgehead atoms. The van der Waals surface area contributed by atoms with E-state index in [0.717, 1.165) is 30.7 Å². The average molecular weight is 707 g/mol. The Morgan fingerprint density at radius 2 is 1.39 bits per heavy atom. The van der Waals surface area contributed by atoms with Crippen molar-refractivity contribution in [3.63, 3.8) is 0 Å². The summed E-state index contributed by atoms with van der Waals surface area (Å²) in [6, 6.07) is 16.9. The first-order chi connectivity index (χ1) is 23.3. The van der Waals surface area contributed by atoms with Crippen molar-refractivity contribution in [2.45, 2.75) is 51.0 Å². The van der Waals surface area contributed by atoms with E-state index in [2.05, 4.69) is 0 Å². The van der Waals surface area contributed by atoms with Gasteiger partial charge in [0.25, 0.3) is 0 Å². The Hall–Kier alpha value is -4.56. The van der Waals surface area contributed by atoms with Gasteiger partial charge in [-0.25, -0.2) is 35.2 Å². The van der Waals surface area contributed by atoms with Crippen LogP contribution in [0, 0.1) is 29.1 Å². The second kappa shape index (κ2) is 16.2. The monoisotopic (exact) mass is 706 g/mol. The number of likely N-dealkylation sites (N-methyl/N-ethyl adjacent to an activating group) is 1. The summed E-state index contributed by atoms with van der Waals surface area (Å²) in [4.78, 5) is 26.0. The summed E-state index contributed by atoms with van der Waals surface area (Å²) in [7, 11) is -4.66. The Labute approximate surface area is 281 Å². The number of halogens is 5. The van der Waals surface area contributed by atoms with E-state index >= 15 is 0 Å². The summed E-state index contributed by atoms with van der Waals surface area (Å²) in [6.07, 6.45) is 2.87. The molecule has 4 rings (SSSR count). The summed E-state index contributed by atoms with van der Waals surface area (Å²) < 4.78 is 109. The molecule has 0 radical (unpaired) electrons. The molecule has 1 amide bonds. The quantitative estimate of drug-likeness (QED) is 0.0418. The number of benzene rings is 4. The second-order valence-electron chi connectivity index (χ2n) is 11.2. The van der Waals surface area contributed by atoms with Crippen molar-refractivity contribution in [1.82, 2.24) is 4.31 Å². The summed E-state index contributed by atoms with van der Waals surface area (Å²) in [5, 5.41) is 1.60. The molecule has 0 spiro atoms. The fraction of sp³-hybridized carbons (Fsp3) is 0.314. The van der Waals surface area contributed by atoms with Crippen LogP contribution in [0.2, 0.25) is 0 Å². The molecule has 14 heteroatoms. The topological polar surface area (TPSA) is 93.2 Å². The van der Waals surface area contributed by atoms with Gasteiger partial charge < -0.3 is 14.4 Å². The maximum absolute atomic E-state index is 14.6. The number of amides is 1. The van der Waals surface area contributed by atoms with Gasteiger partial charge in [0, 0.05) is 18.8 Å². The number of unbranched alkanes of at least 4 members (excludes halogenated alkanes) is 2. The van der Waals surface area contributed by atoms with E-state index in [1.54, 1.807) is 18.2 Å². The van der Waals surface area contributed by atoms with E-state index in [0.29, 0.717) is 18.4 Å². The van der Waals surface area contributed by atoms with Crippen molar-refractivity contribution in [3.8, 4) is 5.75 Å². The van der Waals surface area contributed by atoms with Gasteiger partial charge in [0.2, 0.25) is 21.7 Å². The zero-order chi connectivity index (χ0) is 35.9. The summed E-state index contributed by atoms with van der Waals surface area (Å²) in [5.41, 5.74) is 0.893. The lowest BCUT2D eigenvalue weighted by atomic mass is 10.0. The van der Waals surface area contributed by atoms with Gasteiger partial charge in [-0.15, -0.1) is 0 Å². The van der Waals surface area contributed by atoms with E-state index in [1.807, 2.05) is 38.1 Å². The maximum Gasteiger partial charge on any atom is 0.341 e. The van der Waals surface area contributed by atoms with Gasteiger partial charge in [0.1, 0.15) is 11.3 Å². The van der Waals surface area contributed by atoms with Crippen LogP contribution in [-0.2, 0) is 26.1 Å². The van der Waals surface area contributed by atoms with E-state index in [-0.39, 0.29) is 41.1 Å². The highest BCUT2D eigenvalue weighted by Gasteiger charge is 2.37. The molecule has 0 aliphatic rings. The fourth-order valence-corrected chi connectivity index (χ4v) is 6.16. The highest BCUT2D eigenvalue weighted by molar-refractivity contribution is 7.89. The summed E-state index contributed by atoms with van der Waals surface area (Å²) in [6.45, 7) is 3.08. The molecule has 8 nitrogen and oxygen atoms in total. The number of fused-ring (bicyclic) bond motifs is 1. The third kappa shape index (κ3) is 8.19. The summed E-state index contributed by atoms with van der Waals surface area (Å²) in [5.74, 6) is -14.0. The van der Waals surface area contributed by atoms with Gasteiger partial charge in [-0.2, -0.15) is 4.31 Å². The fourth-order valence-electron chi connectivity index (χ4n) is 4.93. The number of hydrogen-bond donors (Lipinski definition) is 0. The molecular formula is C35H35F5N2O6S. The summed E-state index contributed by atoms with van der Waals surface area (Å²) >= 11 is 0. The average Bonchev–Trinajstić information content (AvgIpc) is 3.08. The van der Waals surface area contributed by atoms with Crippen molar-refractivity contribution in [3.05, 3.63) is 101 Å². The molecule has 0 aromatic heterocycles. The van der Waals surface area contributed by atoms with E-state index in [1.165, 1.54) is 23.1 Å². The predicted octanol–water partition coefficient (Wildman–Crippen LogP) is 7.53. The molecule has 0 heterocycles. The molecule has 0 fully saturated rings. The number of hydrogen-bond acceptors (Lipinski definition) is 6. The van der Waals surface area contributed by atoms with Crippen LogP contribution in [0.3, 0.4) is 0 Å². The second-order valence-corrected chi connectivity index (χ2v) is 13.1. The van der Waals surface area contributed by atoms with Gasteiger partial charge in [-0.3, -0.25) is 4.79 Å². The zero-order valence-corrected chi connectivity index (χ0v) is 27.9. The molecule has 4 aromatic rings. The molecular weight excluding hydrogens is 671 g/mol. The third-order valence-electron chi connectivity index (χ3n) is 7.69. The predicted molar refractivity (Wildman–Crippen MR) is 173 cm³/mol. The van der Waals surface area contributed by atoms with Gasteiger partial charge in [-0.05, 0) is 41.3 Å². The first kappa shape index (κ1) is 37.3. The number of sulfonamides is 1. The Kier molecular flexibility index (Phi) is 12.3. The van der Waals surface area contributed by atoms with Crippen LogP contribution in [0.15, 0.2) is 65.6 Å². The number of ether oxygens (including phenoxy) is 2. The highest BCUT2D eigenvalue weighted by Crippen LogP contribution is 2.32. The smallest absolute Gasteiger partial charge is 0.341 e. The Morgan fingerprint density at radius 1 is 0.776 bits per heavy atom. The first-order valence-electron chi connectivity index (χ1n) is 15.5. The van der Waals surface area contributed by atoms with E-state index in [9.17, 15) is 40.0 Å². The number of rotatable bonds is 15. The molecule has 0 unspecified atom stereocenters. The molecule has 0 aliphatic heterocycles.